The van der Waals surface area contributed by atoms with Crippen molar-refractivity contribution in [1.29, 1.82) is 0 Å². The lowest BCUT2D eigenvalue weighted by atomic mass is 9.96. The van der Waals surface area contributed by atoms with Crippen LogP contribution in [0.4, 0.5) is 52.7 Å². The molecule has 0 saturated carbocycles. The molecule has 0 radical (unpaired) electrons. The van der Waals surface area contributed by atoms with Crippen LogP contribution in [-0.4, -0.2) is 9.13 Å². The maximum atomic E-state index is 15.0. The number of fused-ring (bicyclic) bond motifs is 6. The minimum absolute atomic E-state index is 0.118. The summed E-state index contributed by atoms with van der Waals surface area (Å²) >= 11 is 0. The van der Waals surface area contributed by atoms with Crippen molar-refractivity contribution in [1.82, 2.24) is 9.13 Å². The van der Waals surface area contributed by atoms with Gasteiger partial charge in [-0.1, -0.05) is 60.7 Å². The lowest BCUT2D eigenvalue weighted by Gasteiger charge is -2.23. The molecule has 0 spiro atoms. The van der Waals surface area contributed by atoms with Gasteiger partial charge in [-0.05, 0) is 66.2 Å². The second-order valence-corrected chi connectivity index (χ2v) is 12.6. The first-order valence-electron chi connectivity index (χ1n) is 16.0. The minimum atomic E-state index is -5.15. The van der Waals surface area contributed by atoms with Crippen LogP contribution in [0.3, 0.4) is 0 Å². The number of aromatic nitrogens is 2. The molecule has 2 heterocycles. The van der Waals surface area contributed by atoms with Gasteiger partial charge in [0.1, 0.15) is 0 Å². The fourth-order valence-electron chi connectivity index (χ4n) is 7.09. The standard InChI is InChI=1S/C40H20F12N2/c41-37(42,43)22-7-5-6-21(16-22)36-34(53-30-10-3-1-8-26(30)28-14-12-23(17-32(28)53)38(44,45)46)19-25(40(50,51)52)20-35(36)54-31-11-4-2-9-27(31)29-15-13-24(18-33(29)54)39(47,48)49/h1-20H. The summed E-state index contributed by atoms with van der Waals surface area (Å²) < 4.78 is 175. The predicted octanol–water partition coefficient (Wildman–Crippen LogP) is 13.6. The highest BCUT2D eigenvalue weighted by atomic mass is 19.4. The molecule has 0 fully saturated rings. The SMILES string of the molecule is FC(F)(F)c1cccc(-c2c(-n3c4ccccc4c4ccc(C(F)(F)F)cc43)cc(C(F)(F)F)cc2-n2c3ccccc3c3ccc(C(F)(F)F)cc32)c1. The van der Waals surface area contributed by atoms with E-state index in [4.69, 9.17) is 0 Å². The average Bonchev–Trinajstić information content (AvgIpc) is 3.62. The topological polar surface area (TPSA) is 9.86 Å². The number of nitrogens with zero attached hydrogens (tertiary/aromatic N) is 2. The smallest absolute Gasteiger partial charge is 0.309 e. The van der Waals surface area contributed by atoms with Crippen molar-refractivity contribution < 1.29 is 52.7 Å². The highest BCUT2D eigenvalue weighted by molar-refractivity contribution is 6.12. The minimum Gasteiger partial charge on any atom is -0.309 e. The Bertz CT molecular complexity index is 2620. The molecule has 0 aliphatic carbocycles. The molecule has 0 aliphatic heterocycles. The van der Waals surface area contributed by atoms with Crippen LogP contribution in [0.2, 0.25) is 0 Å². The van der Waals surface area contributed by atoms with Crippen LogP contribution in [0.1, 0.15) is 22.3 Å². The van der Waals surface area contributed by atoms with Crippen LogP contribution in [0.25, 0.3) is 66.1 Å². The van der Waals surface area contributed by atoms with E-state index in [0.717, 1.165) is 57.7 Å². The van der Waals surface area contributed by atoms with Gasteiger partial charge in [-0.15, -0.1) is 0 Å². The van der Waals surface area contributed by atoms with E-state index in [2.05, 4.69) is 0 Å². The highest BCUT2D eigenvalue weighted by Crippen LogP contribution is 2.47. The summed E-state index contributed by atoms with van der Waals surface area (Å²) in [4.78, 5) is 0. The Morgan fingerprint density at radius 2 is 0.704 bits per heavy atom. The second kappa shape index (κ2) is 11.8. The van der Waals surface area contributed by atoms with Gasteiger partial charge in [0, 0.05) is 27.1 Å². The molecule has 0 amide bonds. The molecular formula is C40H20F12N2. The summed E-state index contributed by atoms with van der Waals surface area (Å²) in [5, 5.41) is 1.03. The first-order chi connectivity index (χ1) is 25.3. The highest BCUT2D eigenvalue weighted by Gasteiger charge is 2.37. The summed E-state index contributed by atoms with van der Waals surface area (Å²) in [6.07, 6.45) is -19.9. The van der Waals surface area contributed by atoms with Crippen LogP contribution in [-0.2, 0) is 24.7 Å². The Hall–Kier alpha value is -5.92. The van der Waals surface area contributed by atoms with Gasteiger partial charge in [0.15, 0.2) is 0 Å². The van der Waals surface area contributed by atoms with Crippen molar-refractivity contribution in [3.63, 3.8) is 0 Å². The Kier molecular flexibility index (Phi) is 7.67. The molecule has 2 nitrogen and oxygen atoms in total. The van der Waals surface area contributed by atoms with E-state index in [1.54, 1.807) is 12.1 Å². The third-order valence-electron chi connectivity index (χ3n) is 9.39. The third kappa shape index (κ3) is 5.71. The van der Waals surface area contributed by atoms with E-state index in [9.17, 15) is 39.5 Å². The van der Waals surface area contributed by atoms with Gasteiger partial charge in [0.05, 0.1) is 55.7 Å². The van der Waals surface area contributed by atoms with E-state index in [1.165, 1.54) is 42.5 Å². The quantitative estimate of drug-likeness (QED) is 0.159. The molecule has 0 atom stereocenters. The summed E-state index contributed by atoms with van der Waals surface area (Å²) in [6.45, 7) is 0. The number of benzene rings is 6. The van der Waals surface area contributed by atoms with Crippen LogP contribution in [0, 0.1) is 0 Å². The molecule has 0 N–H and O–H groups in total. The fraction of sp³-hybridized carbons (Fsp3) is 0.100. The maximum absolute atomic E-state index is 15.0. The Morgan fingerprint density at radius 3 is 1.13 bits per heavy atom. The molecule has 54 heavy (non-hydrogen) atoms. The first kappa shape index (κ1) is 35.1. The molecule has 0 bridgehead atoms. The summed E-state index contributed by atoms with van der Waals surface area (Å²) in [6, 6.07) is 22.3. The van der Waals surface area contributed by atoms with Crippen molar-refractivity contribution in [2.24, 2.45) is 0 Å². The van der Waals surface area contributed by atoms with Gasteiger partial charge >= 0.3 is 24.7 Å². The molecule has 14 heteroatoms. The maximum Gasteiger partial charge on any atom is 0.416 e. The fourth-order valence-corrected chi connectivity index (χ4v) is 7.09. The Morgan fingerprint density at radius 1 is 0.315 bits per heavy atom. The number of hydrogen-bond acceptors (Lipinski definition) is 0. The number of para-hydroxylation sites is 2. The van der Waals surface area contributed by atoms with Crippen LogP contribution < -0.4 is 0 Å². The Balaban J connectivity index is 1.63. The van der Waals surface area contributed by atoms with Crippen molar-refractivity contribution in [3.05, 3.63) is 144 Å². The summed E-state index contributed by atoms with van der Waals surface area (Å²) in [5.74, 6) is 0. The summed E-state index contributed by atoms with van der Waals surface area (Å²) in [7, 11) is 0. The van der Waals surface area contributed by atoms with Gasteiger partial charge in [-0.3, -0.25) is 0 Å². The van der Waals surface area contributed by atoms with E-state index in [0.29, 0.717) is 29.0 Å². The number of rotatable bonds is 3. The van der Waals surface area contributed by atoms with E-state index in [1.807, 2.05) is 0 Å². The van der Waals surface area contributed by atoms with Crippen molar-refractivity contribution in [2.75, 3.05) is 0 Å². The van der Waals surface area contributed by atoms with Gasteiger partial charge in [0.2, 0.25) is 0 Å². The summed E-state index contributed by atoms with van der Waals surface area (Å²) in [5.41, 5.74) is -6.61. The molecule has 0 saturated heterocycles. The largest absolute Gasteiger partial charge is 0.416 e. The normalized spacial score (nSPS) is 13.2. The van der Waals surface area contributed by atoms with Gasteiger partial charge < -0.3 is 9.13 Å². The molecule has 274 valence electrons. The molecule has 8 aromatic rings. The van der Waals surface area contributed by atoms with E-state index >= 15 is 13.2 Å². The molecule has 0 aliphatic rings. The average molecular weight is 757 g/mol. The Labute approximate surface area is 296 Å². The number of halogens is 12. The van der Waals surface area contributed by atoms with E-state index in [-0.39, 0.29) is 44.0 Å². The first-order valence-corrected chi connectivity index (χ1v) is 16.0. The molecule has 6 aromatic carbocycles. The monoisotopic (exact) mass is 756 g/mol. The third-order valence-corrected chi connectivity index (χ3v) is 9.39. The second-order valence-electron chi connectivity index (χ2n) is 12.6. The zero-order chi connectivity index (χ0) is 38.5. The van der Waals surface area contributed by atoms with Crippen LogP contribution >= 0.6 is 0 Å². The number of hydrogen-bond donors (Lipinski definition) is 0. The van der Waals surface area contributed by atoms with Crippen molar-refractivity contribution in [2.45, 2.75) is 24.7 Å². The molecule has 8 rings (SSSR count). The molecular weight excluding hydrogens is 736 g/mol. The van der Waals surface area contributed by atoms with Crippen molar-refractivity contribution >= 4 is 43.6 Å². The lowest BCUT2D eigenvalue weighted by Crippen LogP contribution is -2.12. The molecule has 0 unspecified atom stereocenters. The van der Waals surface area contributed by atoms with Gasteiger partial charge in [0.25, 0.3) is 0 Å². The zero-order valence-corrected chi connectivity index (χ0v) is 27.0. The lowest BCUT2D eigenvalue weighted by molar-refractivity contribution is -0.138. The van der Waals surface area contributed by atoms with E-state index < -0.39 is 58.3 Å². The van der Waals surface area contributed by atoms with Gasteiger partial charge in [-0.25, -0.2) is 0 Å². The van der Waals surface area contributed by atoms with Crippen molar-refractivity contribution in [3.8, 4) is 22.5 Å². The van der Waals surface area contributed by atoms with Crippen LogP contribution in [0.5, 0.6) is 0 Å². The molecule has 2 aromatic heterocycles. The zero-order valence-electron chi connectivity index (χ0n) is 27.0. The van der Waals surface area contributed by atoms with Gasteiger partial charge in [-0.2, -0.15) is 52.7 Å². The van der Waals surface area contributed by atoms with Crippen LogP contribution in [0.15, 0.2) is 121 Å². The number of alkyl halides is 12. The predicted molar refractivity (Wildman–Crippen MR) is 181 cm³/mol.